The highest BCUT2D eigenvalue weighted by Crippen LogP contribution is 2.16. The minimum Gasteiger partial charge on any atom is -0.394 e. The fourth-order valence-corrected chi connectivity index (χ4v) is 2.04. The SMILES string of the molecule is CCCC(CC)CCCOCCOCCOCCO. The Morgan fingerprint density at radius 3 is 1.89 bits per heavy atom. The van der Waals surface area contributed by atoms with Crippen molar-refractivity contribution in [1.82, 2.24) is 0 Å². The molecular formula is C15H32O4. The number of ether oxygens (including phenoxy) is 3. The summed E-state index contributed by atoms with van der Waals surface area (Å²) in [6.07, 6.45) is 6.34. The number of rotatable bonds is 15. The van der Waals surface area contributed by atoms with Crippen molar-refractivity contribution in [2.75, 3.05) is 46.2 Å². The number of aliphatic hydroxyl groups is 1. The minimum absolute atomic E-state index is 0.0693. The molecule has 1 unspecified atom stereocenters. The van der Waals surface area contributed by atoms with E-state index in [9.17, 15) is 0 Å². The zero-order valence-corrected chi connectivity index (χ0v) is 12.7. The van der Waals surface area contributed by atoms with Gasteiger partial charge in [-0.1, -0.05) is 33.1 Å². The van der Waals surface area contributed by atoms with Crippen LogP contribution in [0.25, 0.3) is 0 Å². The van der Waals surface area contributed by atoms with Gasteiger partial charge in [0.05, 0.1) is 39.6 Å². The second kappa shape index (κ2) is 15.9. The molecule has 0 aliphatic heterocycles. The topological polar surface area (TPSA) is 47.9 Å². The van der Waals surface area contributed by atoms with Gasteiger partial charge in [-0.25, -0.2) is 0 Å². The number of hydrogen-bond donors (Lipinski definition) is 1. The zero-order valence-electron chi connectivity index (χ0n) is 12.7. The highest BCUT2D eigenvalue weighted by atomic mass is 16.5. The molecule has 0 aliphatic rings. The van der Waals surface area contributed by atoms with Crippen molar-refractivity contribution >= 4 is 0 Å². The van der Waals surface area contributed by atoms with Gasteiger partial charge in [-0.15, -0.1) is 0 Å². The van der Waals surface area contributed by atoms with E-state index < -0.39 is 0 Å². The summed E-state index contributed by atoms with van der Waals surface area (Å²) in [5, 5.41) is 8.49. The standard InChI is InChI=1S/C15H32O4/c1-3-6-15(4-2)7-5-9-17-11-13-19-14-12-18-10-8-16/h15-16H,3-14H2,1-2H3. The first-order valence-corrected chi connectivity index (χ1v) is 7.69. The summed E-state index contributed by atoms with van der Waals surface area (Å²) in [7, 11) is 0. The predicted octanol–water partition coefficient (Wildman–Crippen LogP) is 2.64. The third-order valence-corrected chi connectivity index (χ3v) is 3.15. The molecule has 0 rings (SSSR count). The molecule has 0 amide bonds. The molecule has 0 bridgehead atoms. The van der Waals surface area contributed by atoms with Crippen LogP contribution in [0, 0.1) is 5.92 Å². The van der Waals surface area contributed by atoms with Gasteiger partial charge in [-0.3, -0.25) is 0 Å². The molecule has 0 aromatic carbocycles. The quantitative estimate of drug-likeness (QED) is 0.467. The van der Waals surface area contributed by atoms with Crippen molar-refractivity contribution in [2.24, 2.45) is 5.92 Å². The van der Waals surface area contributed by atoms with Gasteiger partial charge in [-0.05, 0) is 18.8 Å². The first kappa shape index (κ1) is 18.8. The lowest BCUT2D eigenvalue weighted by atomic mass is 9.96. The van der Waals surface area contributed by atoms with E-state index in [-0.39, 0.29) is 6.61 Å². The second-order valence-corrected chi connectivity index (χ2v) is 4.77. The summed E-state index contributed by atoms with van der Waals surface area (Å²) in [6.45, 7) is 8.20. The fourth-order valence-electron chi connectivity index (χ4n) is 2.04. The summed E-state index contributed by atoms with van der Waals surface area (Å²) in [4.78, 5) is 0. The fraction of sp³-hybridized carbons (Fsp3) is 1.00. The monoisotopic (exact) mass is 276 g/mol. The summed E-state index contributed by atoms with van der Waals surface area (Å²) in [6, 6.07) is 0. The Labute approximate surface area is 118 Å². The van der Waals surface area contributed by atoms with Crippen LogP contribution in [0.3, 0.4) is 0 Å². The zero-order chi connectivity index (χ0) is 14.2. The number of aliphatic hydroxyl groups excluding tert-OH is 1. The third kappa shape index (κ3) is 14.1. The normalized spacial score (nSPS) is 12.8. The predicted molar refractivity (Wildman–Crippen MR) is 77.5 cm³/mol. The minimum atomic E-state index is 0.0693. The molecule has 116 valence electrons. The summed E-state index contributed by atoms with van der Waals surface area (Å²) in [5.41, 5.74) is 0. The van der Waals surface area contributed by atoms with Gasteiger partial charge in [0.1, 0.15) is 0 Å². The van der Waals surface area contributed by atoms with E-state index in [1.807, 2.05) is 0 Å². The molecular weight excluding hydrogens is 244 g/mol. The molecule has 19 heavy (non-hydrogen) atoms. The molecule has 0 heterocycles. The van der Waals surface area contributed by atoms with Gasteiger partial charge in [0, 0.05) is 6.61 Å². The molecule has 0 fully saturated rings. The Balaban J connectivity index is 3.09. The van der Waals surface area contributed by atoms with Gasteiger partial charge in [0.15, 0.2) is 0 Å². The maximum absolute atomic E-state index is 8.49. The Morgan fingerprint density at radius 2 is 1.37 bits per heavy atom. The Hall–Kier alpha value is -0.160. The Bertz CT molecular complexity index is 164. The molecule has 0 radical (unpaired) electrons. The number of hydrogen-bond acceptors (Lipinski definition) is 4. The molecule has 0 saturated heterocycles. The van der Waals surface area contributed by atoms with Crippen LogP contribution in [-0.4, -0.2) is 51.4 Å². The van der Waals surface area contributed by atoms with Crippen molar-refractivity contribution in [3.05, 3.63) is 0 Å². The maximum Gasteiger partial charge on any atom is 0.0701 e. The van der Waals surface area contributed by atoms with Gasteiger partial charge >= 0.3 is 0 Å². The van der Waals surface area contributed by atoms with Crippen LogP contribution in [0.5, 0.6) is 0 Å². The van der Waals surface area contributed by atoms with Crippen molar-refractivity contribution < 1.29 is 19.3 Å². The van der Waals surface area contributed by atoms with Crippen LogP contribution in [0.15, 0.2) is 0 Å². The van der Waals surface area contributed by atoms with Crippen LogP contribution in [0.4, 0.5) is 0 Å². The second-order valence-electron chi connectivity index (χ2n) is 4.77. The van der Waals surface area contributed by atoms with Crippen LogP contribution >= 0.6 is 0 Å². The lowest BCUT2D eigenvalue weighted by Gasteiger charge is -2.13. The van der Waals surface area contributed by atoms with E-state index in [1.165, 1.54) is 25.7 Å². The molecule has 1 atom stereocenters. The third-order valence-electron chi connectivity index (χ3n) is 3.15. The first-order chi connectivity index (χ1) is 9.35. The molecule has 1 N–H and O–H groups in total. The van der Waals surface area contributed by atoms with E-state index in [4.69, 9.17) is 19.3 Å². The van der Waals surface area contributed by atoms with E-state index in [1.54, 1.807) is 0 Å². The van der Waals surface area contributed by atoms with Crippen LogP contribution in [0.1, 0.15) is 46.0 Å². The first-order valence-electron chi connectivity index (χ1n) is 7.69. The van der Waals surface area contributed by atoms with Gasteiger partial charge in [0.2, 0.25) is 0 Å². The summed E-state index contributed by atoms with van der Waals surface area (Å²) >= 11 is 0. The van der Waals surface area contributed by atoms with Gasteiger partial charge < -0.3 is 19.3 Å². The van der Waals surface area contributed by atoms with E-state index in [0.29, 0.717) is 33.0 Å². The van der Waals surface area contributed by atoms with E-state index in [0.717, 1.165) is 18.9 Å². The molecule has 0 spiro atoms. The smallest absolute Gasteiger partial charge is 0.0701 e. The van der Waals surface area contributed by atoms with Crippen molar-refractivity contribution in [3.8, 4) is 0 Å². The van der Waals surface area contributed by atoms with Crippen LogP contribution in [0.2, 0.25) is 0 Å². The van der Waals surface area contributed by atoms with Gasteiger partial charge in [0.25, 0.3) is 0 Å². The Kier molecular flexibility index (Phi) is 15.8. The molecule has 0 aliphatic carbocycles. The van der Waals surface area contributed by atoms with Crippen LogP contribution in [-0.2, 0) is 14.2 Å². The molecule has 0 aromatic heterocycles. The van der Waals surface area contributed by atoms with Crippen molar-refractivity contribution in [3.63, 3.8) is 0 Å². The highest BCUT2D eigenvalue weighted by molar-refractivity contribution is 4.56. The molecule has 4 heteroatoms. The van der Waals surface area contributed by atoms with Crippen LogP contribution < -0.4 is 0 Å². The Morgan fingerprint density at radius 1 is 0.789 bits per heavy atom. The molecule has 0 saturated carbocycles. The molecule has 4 nitrogen and oxygen atoms in total. The molecule has 0 aromatic rings. The van der Waals surface area contributed by atoms with Crippen molar-refractivity contribution in [1.29, 1.82) is 0 Å². The average molecular weight is 276 g/mol. The van der Waals surface area contributed by atoms with Gasteiger partial charge in [-0.2, -0.15) is 0 Å². The maximum atomic E-state index is 8.49. The highest BCUT2D eigenvalue weighted by Gasteiger charge is 2.04. The average Bonchev–Trinajstić information content (AvgIpc) is 2.43. The largest absolute Gasteiger partial charge is 0.394 e. The van der Waals surface area contributed by atoms with E-state index >= 15 is 0 Å². The van der Waals surface area contributed by atoms with E-state index in [2.05, 4.69) is 13.8 Å². The van der Waals surface area contributed by atoms with Crippen molar-refractivity contribution in [2.45, 2.75) is 46.0 Å². The lowest BCUT2D eigenvalue weighted by Crippen LogP contribution is -2.11. The lowest BCUT2D eigenvalue weighted by molar-refractivity contribution is 0.00683. The summed E-state index contributed by atoms with van der Waals surface area (Å²) in [5.74, 6) is 0.869. The summed E-state index contributed by atoms with van der Waals surface area (Å²) < 4.78 is 15.9.